The van der Waals surface area contributed by atoms with Gasteiger partial charge in [-0.15, -0.1) is 0 Å². The van der Waals surface area contributed by atoms with E-state index in [1.165, 1.54) is 18.5 Å². The molecule has 1 aliphatic rings. The maximum Gasteiger partial charge on any atom is 0.296 e. The van der Waals surface area contributed by atoms with Crippen molar-refractivity contribution in [2.75, 3.05) is 13.1 Å². The van der Waals surface area contributed by atoms with Crippen LogP contribution in [0.2, 0.25) is 0 Å². The molecule has 0 bridgehead atoms. The number of hydrogen-bond acceptors (Lipinski definition) is 5. The van der Waals surface area contributed by atoms with E-state index in [1.54, 1.807) is 24.3 Å². The molecule has 5 rings (SSSR count). The molecule has 0 amide bonds. The van der Waals surface area contributed by atoms with Gasteiger partial charge in [0.1, 0.15) is 0 Å². The van der Waals surface area contributed by atoms with Crippen LogP contribution in [0.15, 0.2) is 85.2 Å². The predicted octanol–water partition coefficient (Wildman–Crippen LogP) is 4.93. The normalized spacial score (nSPS) is 19.8. The summed E-state index contributed by atoms with van der Waals surface area (Å²) in [5.74, 6) is -4.29. The summed E-state index contributed by atoms with van der Waals surface area (Å²) in [6, 6.07) is 21.4. The summed E-state index contributed by atoms with van der Waals surface area (Å²) in [6.45, 7) is -0.272. The third-order valence-electron chi connectivity index (χ3n) is 5.95. The number of Topliss-reactive ketones (excluding diaryl/α,β-unsaturated/α-hetero) is 1. The lowest BCUT2D eigenvalue weighted by molar-refractivity contribution is -0.155. The molecule has 33 heavy (non-hydrogen) atoms. The number of rotatable bonds is 5. The summed E-state index contributed by atoms with van der Waals surface area (Å²) in [6.07, 6.45) is 2.33. The van der Waals surface area contributed by atoms with Crippen molar-refractivity contribution in [3.05, 3.63) is 90.8 Å². The van der Waals surface area contributed by atoms with Crippen LogP contribution in [-0.4, -0.2) is 40.4 Å². The number of ketones is 1. The second-order valence-corrected chi connectivity index (χ2v) is 8.02. The molecule has 0 saturated carbocycles. The Bertz CT molecular complexity index is 1310. The molecule has 5 nitrogen and oxygen atoms in total. The van der Waals surface area contributed by atoms with Gasteiger partial charge in [-0.3, -0.25) is 9.78 Å². The van der Waals surface area contributed by atoms with E-state index in [0.717, 1.165) is 10.9 Å². The lowest BCUT2D eigenvalue weighted by Crippen LogP contribution is -2.67. The van der Waals surface area contributed by atoms with E-state index in [9.17, 15) is 4.79 Å². The number of piperidine rings is 1. The second-order valence-electron chi connectivity index (χ2n) is 8.02. The van der Waals surface area contributed by atoms with Crippen molar-refractivity contribution in [2.45, 2.75) is 17.9 Å². The highest BCUT2D eigenvalue weighted by Crippen LogP contribution is 2.41. The average molecular weight is 445 g/mol. The lowest BCUT2D eigenvalue weighted by atomic mass is 9.81. The quantitative estimate of drug-likeness (QED) is 0.442. The second kappa shape index (κ2) is 8.33. The Labute approximate surface area is 189 Å². The van der Waals surface area contributed by atoms with E-state index in [0.29, 0.717) is 11.1 Å². The van der Waals surface area contributed by atoms with Crippen LogP contribution in [0.25, 0.3) is 22.0 Å². The van der Waals surface area contributed by atoms with Crippen molar-refractivity contribution in [2.24, 2.45) is 0 Å². The van der Waals surface area contributed by atoms with E-state index < -0.39 is 23.7 Å². The minimum atomic E-state index is -3.42. The van der Waals surface area contributed by atoms with Crippen LogP contribution in [0.1, 0.15) is 16.8 Å². The van der Waals surface area contributed by atoms with E-state index in [4.69, 9.17) is 4.74 Å². The molecule has 0 unspecified atom stereocenters. The number of fused-ring (bicyclic) bond motifs is 1. The molecule has 0 spiro atoms. The number of hydrogen-bond donors (Lipinski definition) is 1. The van der Waals surface area contributed by atoms with E-state index in [-0.39, 0.29) is 24.5 Å². The molecule has 4 aromatic rings. The smallest absolute Gasteiger partial charge is 0.296 e. The Morgan fingerprint density at radius 1 is 0.970 bits per heavy atom. The molecular formula is C26H21F2N3O2. The molecule has 1 aliphatic heterocycles. The number of nitrogens with one attached hydrogen (secondary N) is 1. The van der Waals surface area contributed by atoms with Crippen LogP contribution >= 0.6 is 0 Å². The number of pyridine rings is 2. The van der Waals surface area contributed by atoms with Gasteiger partial charge in [-0.2, -0.15) is 0 Å². The number of ether oxygens (including phenoxy) is 1. The Morgan fingerprint density at radius 3 is 2.58 bits per heavy atom. The summed E-state index contributed by atoms with van der Waals surface area (Å²) in [5.41, 5.74) is -0.544. The monoisotopic (exact) mass is 445 g/mol. The van der Waals surface area contributed by atoms with Crippen LogP contribution in [0.5, 0.6) is 5.88 Å². The third-order valence-corrected chi connectivity index (χ3v) is 5.95. The van der Waals surface area contributed by atoms with Gasteiger partial charge in [-0.1, -0.05) is 48.5 Å². The van der Waals surface area contributed by atoms with Crippen LogP contribution < -0.4 is 10.1 Å². The number of alkyl halides is 2. The summed E-state index contributed by atoms with van der Waals surface area (Å²) in [5, 5.41) is 3.77. The Kier molecular flexibility index (Phi) is 5.34. The highest BCUT2D eigenvalue weighted by Gasteiger charge is 2.63. The zero-order valence-electron chi connectivity index (χ0n) is 17.7. The van der Waals surface area contributed by atoms with Crippen LogP contribution in [0.3, 0.4) is 0 Å². The highest BCUT2D eigenvalue weighted by atomic mass is 19.3. The highest BCUT2D eigenvalue weighted by molar-refractivity contribution is 6.08. The molecule has 3 heterocycles. The van der Waals surface area contributed by atoms with Gasteiger partial charge >= 0.3 is 0 Å². The zero-order valence-corrected chi connectivity index (χ0v) is 17.7. The van der Waals surface area contributed by atoms with Gasteiger partial charge in [-0.25, -0.2) is 13.8 Å². The number of carbonyl (C=O) groups excluding carboxylic acids is 1. The average Bonchev–Trinajstić information content (AvgIpc) is 2.85. The van der Waals surface area contributed by atoms with Gasteiger partial charge in [0.05, 0.1) is 5.52 Å². The molecule has 7 heteroatoms. The molecule has 0 aliphatic carbocycles. The standard InChI is InChI=1S/C26H21F2N3O2/c27-26(28)13-15-30-17-25(26,33-23-11-10-19-8-4-5-9-22(19)31-23)24(32)21-16-29-14-12-20(21)18-6-2-1-3-7-18/h1-12,14,16,30H,13,15,17H2/t25-/m0/s1. The van der Waals surface area contributed by atoms with Crippen molar-refractivity contribution in [1.82, 2.24) is 15.3 Å². The van der Waals surface area contributed by atoms with Crippen molar-refractivity contribution in [3.8, 4) is 17.0 Å². The molecule has 0 radical (unpaired) electrons. The molecule has 166 valence electrons. The number of para-hydroxylation sites is 1. The fourth-order valence-electron chi connectivity index (χ4n) is 4.19. The predicted molar refractivity (Wildman–Crippen MR) is 122 cm³/mol. The number of nitrogens with zero attached hydrogens (tertiary/aromatic N) is 2. The van der Waals surface area contributed by atoms with Crippen LogP contribution in [0, 0.1) is 0 Å². The van der Waals surface area contributed by atoms with Gasteiger partial charge in [0.15, 0.2) is 0 Å². The van der Waals surface area contributed by atoms with Gasteiger partial charge < -0.3 is 10.1 Å². The molecule has 1 N–H and O–H groups in total. The Hall–Kier alpha value is -3.71. The topological polar surface area (TPSA) is 64.1 Å². The van der Waals surface area contributed by atoms with Gasteiger partial charge in [0.25, 0.3) is 5.92 Å². The first-order valence-corrected chi connectivity index (χ1v) is 10.7. The SMILES string of the molecule is O=C(c1cnccc1-c1ccccc1)[C@@]1(Oc2ccc3ccccc3n2)CNCCC1(F)F. The maximum absolute atomic E-state index is 15.6. The summed E-state index contributed by atoms with van der Waals surface area (Å²) >= 11 is 0. The molecule has 1 atom stereocenters. The number of benzene rings is 2. The minimum Gasteiger partial charge on any atom is -0.455 e. The van der Waals surface area contributed by atoms with Crippen molar-refractivity contribution >= 4 is 16.7 Å². The summed E-state index contributed by atoms with van der Waals surface area (Å²) in [4.78, 5) is 22.3. The lowest BCUT2D eigenvalue weighted by Gasteiger charge is -2.42. The van der Waals surface area contributed by atoms with Gasteiger partial charge in [0, 0.05) is 48.9 Å². The largest absolute Gasteiger partial charge is 0.455 e. The molecule has 1 saturated heterocycles. The zero-order chi connectivity index (χ0) is 22.9. The first kappa shape index (κ1) is 21.2. The van der Waals surface area contributed by atoms with Gasteiger partial charge in [0.2, 0.25) is 17.3 Å². The fraction of sp³-hybridized carbons (Fsp3) is 0.192. The van der Waals surface area contributed by atoms with Crippen molar-refractivity contribution in [3.63, 3.8) is 0 Å². The molecule has 2 aromatic carbocycles. The summed E-state index contributed by atoms with van der Waals surface area (Å²) in [7, 11) is 0. The van der Waals surface area contributed by atoms with Crippen LogP contribution in [0.4, 0.5) is 8.78 Å². The van der Waals surface area contributed by atoms with E-state index >= 15 is 8.78 Å². The van der Waals surface area contributed by atoms with Gasteiger partial charge in [-0.05, 0) is 29.3 Å². The van der Waals surface area contributed by atoms with E-state index in [2.05, 4.69) is 15.3 Å². The minimum absolute atomic E-state index is 0.0319. The first-order chi connectivity index (χ1) is 16.0. The van der Waals surface area contributed by atoms with Crippen molar-refractivity contribution < 1.29 is 18.3 Å². The summed E-state index contributed by atoms with van der Waals surface area (Å²) < 4.78 is 37.0. The third kappa shape index (κ3) is 3.74. The maximum atomic E-state index is 15.6. The molecule has 1 fully saturated rings. The fourth-order valence-corrected chi connectivity index (χ4v) is 4.19. The first-order valence-electron chi connectivity index (χ1n) is 10.7. The Balaban J connectivity index is 1.63. The van der Waals surface area contributed by atoms with Crippen LogP contribution in [-0.2, 0) is 0 Å². The van der Waals surface area contributed by atoms with E-state index in [1.807, 2.05) is 42.5 Å². The molecule has 2 aromatic heterocycles. The van der Waals surface area contributed by atoms with Crippen molar-refractivity contribution in [1.29, 1.82) is 0 Å². The number of halogens is 2. The number of aromatic nitrogens is 2. The number of carbonyl (C=O) groups is 1. The Morgan fingerprint density at radius 2 is 1.76 bits per heavy atom. The molecular weight excluding hydrogens is 424 g/mol.